The summed E-state index contributed by atoms with van der Waals surface area (Å²) in [6, 6.07) is 57.0. The number of amidine groups is 1. The van der Waals surface area contributed by atoms with Crippen molar-refractivity contribution in [2.45, 2.75) is 18.8 Å². The van der Waals surface area contributed by atoms with E-state index >= 15 is 0 Å². The summed E-state index contributed by atoms with van der Waals surface area (Å²) < 4.78 is 4.85. The molecule has 54 heavy (non-hydrogen) atoms. The first-order valence-electron chi connectivity index (χ1n) is 18.8. The van der Waals surface area contributed by atoms with Crippen LogP contribution in [0.3, 0.4) is 0 Å². The fourth-order valence-corrected chi connectivity index (χ4v) is 8.88. The second-order valence-electron chi connectivity index (χ2n) is 14.4. The van der Waals surface area contributed by atoms with Crippen molar-refractivity contribution in [2.75, 3.05) is 0 Å². The Labute approximate surface area is 313 Å². The fourth-order valence-electron chi connectivity index (χ4n) is 8.88. The molecule has 2 N–H and O–H groups in total. The number of nitrogens with one attached hydrogen (secondary N) is 2. The topological polar surface area (TPSA) is 46.3 Å². The standard InChI is InChI=1S/C49H37N5/c1-4-15-32(16-5-1)47-50-48(33-17-6-2-7-18-33)52-49(51-47)38-24-14-19-34-31-36(27-28-37(34)38)54-42-26-13-11-23-40(42)46-44(54)30-29-43-45(46)39-22-10-12-25-41(39)53(43)35-20-8-3-9-21-35/h1-17,19-31,33,48-49,52H,18H2,(H,50,51). The minimum atomic E-state index is -0.205. The second kappa shape index (κ2) is 12.5. The highest BCUT2D eigenvalue weighted by atomic mass is 15.3. The second-order valence-corrected chi connectivity index (χ2v) is 14.4. The summed E-state index contributed by atoms with van der Waals surface area (Å²) in [4.78, 5) is 5.29. The normalized spacial score (nSPS) is 18.5. The van der Waals surface area contributed by atoms with Crippen LogP contribution in [-0.4, -0.2) is 21.1 Å². The summed E-state index contributed by atoms with van der Waals surface area (Å²) >= 11 is 0. The highest BCUT2D eigenvalue weighted by molar-refractivity contribution is 6.29. The molecule has 0 radical (unpaired) electrons. The van der Waals surface area contributed by atoms with Crippen LogP contribution in [0.4, 0.5) is 0 Å². The minimum Gasteiger partial charge on any atom is -0.354 e. The maximum Gasteiger partial charge on any atom is 0.131 e. The predicted molar refractivity (Wildman–Crippen MR) is 225 cm³/mol. The van der Waals surface area contributed by atoms with Crippen LogP contribution in [0.5, 0.6) is 0 Å². The molecule has 258 valence electrons. The zero-order valence-electron chi connectivity index (χ0n) is 29.6. The first-order chi connectivity index (χ1) is 26.8. The molecule has 0 amide bonds. The Bertz CT molecular complexity index is 2980. The molecule has 9 aromatic rings. The quantitative estimate of drug-likeness (QED) is 0.188. The minimum absolute atomic E-state index is 0.0423. The van der Waals surface area contributed by atoms with Crippen LogP contribution < -0.4 is 10.6 Å². The van der Waals surface area contributed by atoms with Gasteiger partial charge < -0.3 is 14.5 Å². The van der Waals surface area contributed by atoms with Crippen LogP contribution in [-0.2, 0) is 0 Å². The number of rotatable bonds is 5. The number of benzene rings is 7. The van der Waals surface area contributed by atoms with Gasteiger partial charge in [-0.3, -0.25) is 5.32 Å². The Morgan fingerprint density at radius 2 is 1.20 bits per heavy atom. The van der Waals surface area contributed by atoms with Crippen LogP contribution in [0.2, 0.25) is 0 Å². The lowest BCUT2D eigenvalue weighted by molar-refractivity contribution is 0.329. The van der Waals surface area contributed by atoms with Crippen LogP contribution in [0.15, 0.2) is 187 Å². The van der Waals surface area contributed by atoms with Crippen molar-refractivity contribution in [3.8, 4) is 11.4 Å². The van der Waals surface area contributed by atoms with E-state index in [1.54, 1.807) is 0 Å². The molecule has 0 saturated carbocycles. The summed E-state index contributed by atoms with van der Waals surface area (Å²) in [7, 11) is 0. The number of hydrogen-bond acceptors (Lipinski definition) is 3. The summed E-state index contributed by atoms with van der Waals surface area (Å²) in [6.45, 7) is 0. The van der Waals surface area contributed by atoms with Crippen molar-refractivity contribution in [2.24, 2.45) is 10.9 Å². The van der Waals surface area contributed by atoms with Gasteiger partial charge in [0.25, 0.3) is 0 Å². The number of aromatic nitrogens is 2. The number of para-hydroxylation sites is 3. The Morgan fingerprint density at radius 3 is 1.91 bits per heavy atom. The van der Waals surface area contributed by atoms with E-state index < -0.39 is 0 Å². The van der Waals surface area contributed by atoms with Gasteiger partial charge in [0.1, 0.15) is 12.0 Å². The number of aliphatic imine (C=N–C) groups is 1. The average Bonchev–Trinajstić information content (AvgIpc) is 3.77. The molecule has 11 rings (SSSR count). The van der Waals surface area contributed by atoms with E-state index in [4.69, 9.17) is 4.99 Å². The largest absolute Gasteiger partial charge is 0.354 e. The van der Waals surface area contributed by atoms with Crippen molar-refractivity contribution < 1.29 is 0 Å². The molecule has 2 aromatic heterocycles. The molecule has 2 aliphatic rings. The van der Waals surface area contributed by atoms with E-state index in [0.29, 0.717) is 5.92 Å². The first-order valence-corrected chi connectivity index (χ1v) is 18.8. The number of allylic oxidation sites excluding steroid dienone is 3. The van der Waals surface area contributed by atoms with Crippen molar-refractivity contribution in [3.05, 3.63) is 193 Å². The number of fused-ring (bicyclic) bond motifs is 8. The summed E-state index contributed by atoms with van der Waals surface area (Å²) in [6.07, 6.45) is 9.65. The number of hydrogen-bond donors (Lipinski definition) is 2. The van der Waals surface area contributed by atoms with Crippen molar-refractivity contribution >= 4 is 60.2 Å². The van der Waals surface area contributed by atoms with Gasteiger partial charge in [-0.15, -0.1) is 0 Å². The highest BCUT2D eigenvalue weighted by Crippen LogP contribution is 2.42. The van der Waals surface area contributed by atoms with E-state index in [9.17, 15) is 0 Å². The molecule has 3 atom stereocenters. The molecule has 7 aromatic carbocycles. The van der Waals surface area contributed by atoms with Gasteiger partial charge in [-0.2, -0.15) is 0 Å². The Hall–Kier alpha value is -6.69. The molecule has 5 nitrogen and oxygen atoms in total. The zero-order chi connectivity index (χ0) is 35.6. The molecule has 0 saturated heterocycles. The van der Waals surface area contributed by atoms with Crippen LogP contribution in [0.25, 0.3) is 65.8 Å². The Kier molecular flexibility index (Phi) is 7.13. The van der Waals surface area contributed by atoms with E-state index in [-0.39, 0.29) is 12.3 Å². The molecule has 0 bridgehead atoms. The van der Waals surface area contributed by atoms with Gasteiger partial charge >= 0.3 is 0 Å². The molecular weight excluding hydrogens is 659 g/mol. The molecular formula is C49H37N5. The maximum absolute atomic E-state index is 5.29. The van der Waals surface area contributed by atoms with Gasteiger partial charge in [0.05, 0.1) is 28.2 Å². The lowest BCUT2D eigenvalue weighted by Crippen LogP contribution is -2.54. The fraction of sp³-hybridized carbons (Fsp3) is 0.0816. The van der Waals surface area contributed by atoms with E-state index in [1.807, 2.05) is 0 Å². The first kappa shape index (κ1) is 30.9. The van der Waals surface area contributed by atoms with Gasteiger partial charge in [-0.05, 0) is 71.3 Å². The lowest BCUT2D eigenvalue weighted by atomic mass is 9.95. The van der Waals surface area contributed by atoms with E-state index in [1.165, 1.54) is 65.6 Å². The lowest BCUT2D eigenvalue weighted by Gasteiger charge is -2.36. The van der Waals surface area contributed by atoms with Gasteiger partial charge in [0.2, 0.25) is 0 Å². The van der Waals surface area contributed by atoms with Gasteiger partial charge in [0.15, 0.2) is 0 Å². The highest BCUT2D eigenvalue weighted by Gasteiger charge is 2.30. The van der Waals surface area contributed by atoms with Gasteiger partial charge in [0, 0.05) is 44.4 Å². The Morgan fingerprint density at radius 1 is 0.537 bits per heavy atom. The molecule has 1 aliphatic heterocycles. The van der Waals surface area contributed by atoms with Crippen molar-refractivity contribution in [1.29, 1.82) is 0 Å². The van der Waals surface area contributed by atoms with E-state index in [0.717, 1.165) is 23.5 Å². The summed E-state index contributed by atoms with van der Waals surface area (Å²) in [5.41, 5.74) is 9.39. The van der Waals surface area contributed by atoms with E-state index in [2.05, 4.69) is 202 Å². The molecule has 1 aliphatic carbocycles. The van der Waals surface area contributed by atoms with Crippen LogP contribution in [0.1, 0.15) is 23.7 Å². The van der Waals surface area contributed by atoms with Crippen molar-refractivity contribution in [3.63, 3.8) is 0 Å². The third-order valence-electron chi connectivity index (χ3n) is 11.3. The average molecular weight is 696 g/mol. The molecule has 3 unspecified atom stereocenters. The van der Waals surface area contributed by atoms with Gasteiger partial charge in [-0.1, -0.05) is 133 Å². The zero-order valence-corrected chi connectivity index (χ0v) is 29.6. The number of nitrogens with zero attached hydrogens (tertiary/aromatic N) is 3. The summed E-state index contributed by atoms with van der Waals surface area (Å²) in [5, 5.41) is 15.1. The molecule has 0 spiro atoms. The third kappa shape index (κ3) is 4.86. The van der Waals surface area contributed by atoms with Crippen LogP contribution >= 0.6 is 0 Å². The maximum atomic E-state index is 5.29. The van der Waals surface area contributed by atoms with Gasteiger partial charge in [-0.25, -0.2) is 4.99 Å². The third-order valence-corrected chi connectivity index (χ3v) is 11.3. The van der Waals surface area contributed by atoms with Crippen molar-refractivity contribution in [1.82, 2.24) is 19.8 Å². The SMILES string of the molecule is C1=CCC(C2NC(c3ccccc3)=NC(c3cccc4cc(-n5c6ccccc6c6c7c8ccccc8n(-c8ccccc8)c7ccc65)ccc34)N2)C=C1. The smallest absolute Gasteiger partial charge is 0.131 e. The van der Waals surface area contributed by atoms with Crippen LogP contribution in [0, 0.1) is 5.92 Å². The molecule has 5 heteroatoms. The molecule has 3 heterocycles. The summed E-state index contributed by atoms with van der Waals surface area (Å²) in [5.74, 6) is 1.24. The Balaban J connectivity index is 1.08. The monoisotopic (exact) mass is 695 g/mol. The predicted octanol–water partition coefficient (Wildman–Crippen LogP) is 11.1. The molecule has 0 fully saturated rings.